The molecule has 0 saturated heterocycles. The van der Waals surface area contributed by atoms with Crippen LogP contribution >= 0.6 is 34.5 Å². The highest BCUT2D eigenvalue weighted by molar-refractivity contribution is 7.20. The topological polar surface area (TPSA) is 69.1 Å². The fourth-order valence-corrected chi connectivity index (χ4v) is 5.65. The predicted molar refractivity (Wildman–Crippen MR) is 153 cm³/mol. The van der Waals surface area contributed by atoms with Crippen LogP contribution in [-0.2, 0) is 0 Å². The van der Waals surface area contributed by atoms with Crippen molar-refractivity contribution in [2.75, 3.05) is 0 Å². The van der Waals surface area contributed by atoms with Gasteiger partial charge in [0.25, 0.3) is 0 Å². The predicted octanol–water partition coefficient (Wildman–Crippen LogP) is 8.61. The number of hydrogen-bond acceptors (Lipinski definition) is 6. The largest absolute Gasteiger partial charge is 0.454 e. The molecule has 6 nitrogen and oxygen atoms in total. The molecule has 7 aromatic rings. The van der Waals surface area contributed by atoms with Gasteiger partial charge in [-0.25, -0.2) is 4.98 Å². The normalized spacial score (nSPS) is 11.6. The quantitative estimate of drug-likeness (QED) is 0.218. The van der Waals surface area contributed by atoms with Crippen molar-refractivity contribution in [1.82, 2.24) is 24.8 Å². The van der Waals surface area contributed by atoms with Crippen molar-refractivity contribution in [3.05, 3.63) is 101 Å². The Kier molecular flexibility index (Phi) is 5.51. The summed E-state index contributed by atoms with van der Waals surface area (Å²) in [7, 11) is 0. The molecule has 7 rings (SSSR count). The van der Waals surface area contributed by atoms with Crippen molar-refractivity contribution >= 4 is 50.4 Å². The van der Waals surface area contributed by atoms with Gasteiger partial charge in [0.15, 0.2) is 11.6 Å². The van der Waals surface area contributed by atoms with Crippen LogP contribution in [0.3, 0.4) is 0 Å². The minimum absolute atomic E-state index is 0.562. The van der Waals surface area contributed by atoms with Crippen LogP contribution in [0.15, 0.2) is 89.3 Å². The standard InChI is InChI=1S/C29H17Cl2N5OS/c1-16-6-8-17(9-7-16)27-33-34-29-36(27)35-28(38-29)20-15-24(32-23-5-3-2-4-19(20)23)26-13-12-25(37-26)21-14-18(30)10-11-22(21)31/h2-15H,1H3. The monoisotopic (exact) mass is 553 g/mol. The molecular formula is C29H17Cl2N5OS. The first-order valence-electron chi connectivity index (χ1n) is 11.8. The van der Waals surface area contributed by atoms with E-state index in [-0.39, 0.29) is 0 Å². The number of benzene rings is 3. The van der Waals surface area contributed by atoms with Crippen molar-refractivity contribution < 1.29 is 4.42 Å². The lowest BCUT2D eigenvalue weighted by Gasteiger charge is -2.07. The van der Waals surface area contributed by atoms with Crippen molar-refractivity contribution in [3.63, 3.8) is 0 Å². The lowest BCUT2D eigenvalue weighted by Crippen LogP contribution is -1.93. The van der Waals surface area contributed by atoms with E-state index in [1.54, 1.807) is 22.7 Å². The third kappa shape index (κ3) is 3.96. The molecule has 38 heavy (non-hydrogen) atoms. The molecule has 0 saturated carbocycles. The van der Waals surface area contributed by atoms with Crippen LogP contribution in [0, 0.1) is 6.92 Å². The fourth-order valence-electron chi connectivity index (χ4n) is 4.39. The molecule has 0 amide bonds. The van der Waals surface area contributed by atoms with E-state index in [1.165, 1.54) is 16.9 Å². The van der Waals surface area contributed by atoms with Gasteiger partial charge in [-0.15, -0.1) is 10.2 Å². The van der Waals surface area contributed by atoms with Crippen molar-refractivity contribution in [1.29, 1.82) is 0 Å². The Balaban J connectivity index is 1.36. The lowest BCUT2D eigenvalue weighted by molar-refractivity contribution is 0.595. The SMILES string of the molecule is Cc1ccc(-c2nnc3sc(-c4cc(-c5ccc(-c6cc(Cl)ccc6Cl)o5)nc5ccccc45)nn23)cc1. The van der Waals surface area contributed by atoms with Gasteiger partial charge in [-0.1, -0.05) is 82.6 Å². The number of furan rings is 1. The van der Waals surface area contributed by atoms with E-state index in [1.807, 2.05) is 54.6 Å². The highest BCUT2D eigenvalue weighted by atomic mass is 35.5. The Morgan fingerprint density at radius 1 is 0.816 bits per heavy atom. The summed E-state index contributed by atoms with van der Waals surface area (Å²) in [6.07, 6.45) is 0. The summed E-state index contributed by atoms with van der Waals surface area (Å²) in [5.41, 5.74) is 5.33. The molecule has 0 aliphatic heterocycles. The van der Waals surface area contributed by atoms with Gasteiger partial charge < -0.3 is 4.42 Å². The first kappa shape index (κ1) is 23.1. The zero-order chi connectivity index (χ0) is 25.8. The van der Waals surface area contributed by atoms with Crippen LogP contribution < -0.4 is 0 Å². The molecule has 0 atom stereocenters. The highest BCUT2D eigenvalue weighted by Crippen LogP contribution is 2.38. The first-order chi connectivity index (χ1) is 18.5. The van der Waals surface area contributed by atoms with Crippen molar-refractivity contribution in [2.24, 2.45) is 0 Å². The third-order valence-electron chi connectivity index (χ3n) is 6.30. The maximum Gasteiger partial charge on any atom is 0.235 e. The summed E-state index contributed by atoms with van der Waals surface area (Å²) in [6.45, 7) is 2.06. The van der Waals surface area contributed by atoms with Gasteiger partial charge in [0.05, 0.1) is 10.5 Å². The van der Waals surface area contributed by atoms with Gasteiger partial charge in [-0.3, -0.25) is 0 Å². The summed E-state index contributed by atoms with van der Waals surface area (Å²) in [5, 5.41) is 16.6. The van der Waals surface area contributed by atoms with E-state index in [0.29, 0.717) is 38.0 Å². The van der Waals surface area contributed by atoms with Gasteiger partial charge in [0.1, 0.15) is 16.5 Å². The second-order valence-corrected chi connectivity index (χ2v) is 10.7. The average molecular weight is 554 g/mol. The Morgan fingerprint density at radius 3 is 2.50 bits per heavy atom. The number of hydrogen-bond donors (Lipinski definition) is 0. The molecule has 0 spiro atoms. The summed E-state index contributed by atoms with van der Waals surface area (Å²) in [4.78, 5) is 5.60. The number of aromatic nitrogens is 5. The van der Waals surface area contributed by atoms with Crippen molar-refractivity contribution in [3.8, 4) is 44.7 Å². The molecule has 0 fully saturated rings. The maximum absolute atomic E-state index is 6.41. The van der Waals surface area contributed by atoms with E-state index in [4.69, 9.17) is 37.7 Å². The van der Waals surface area contributed by atoms with E-state index in [9.17, 15) is 0 Å². The maximum atomic E-state index is 6.41. The third-order valence-corrected chi connectivity index (χ3v) is 7.80. The summed E-state index contributed by atoms with van der Waals surface area (Å²) >= 11 is 14.1. The van der Waals surface area contributed by atoms with E-state index >= 15 is 0 Å². The fraction of sp³-hybridized carbons (Fsp3) is 0.0345. The molecule has 3 aromatic carbocycles. The van der Waals surface area contributed by atoms with Crippen LogP contribution in [0.1, 0.15) is 5.56 Å². The number of aryl methyl sites for hydroxylation is 1. The number of para-hydroxylation sites is 1. The zero-order valence-corrected chi connectivity index (χ0v) is 22.2. The van der Waals surface area contributed by atoms with Gasteiger partial charge in [0, 0.05) is 27.1 Å². The van der Waals surface area contributed by atoms with Gasteiger partial charge >= 0.3 is 0 Å². The smallest absolute Gasteiger partial charge is 0.235 e. The van der Waals surface area contributed by atoms with E-state index in [0.717, 1.165) is 32.6 Å². The Labute approximate surface area is 231 Å². The van der Waals surface area contributed by atoms with E-state index < -0.39 is 0 Å². The van der Waals surface area contributed by atoms with Gasteiger partial charge in [-0.2, -0.15) is 9.61 Å². The first-order valence-corrected chi connectivity index (χ1v) is 13.4. The highest BCUT2D eigenvalue weighted by Gasteiger charge is 2.19. The minimum Gasteiger partial charge on any atom is -0.454 e. The van der Waals surface area contributed by atoms with Crippen LogP contribution in [0.5, 0.6) is 0 Å². The zero-order valence-electron chi connectivity index (χ0n) is 19.9. The summed E-state index contributed by atoms with van der Waals surface area (Å²) in [5.74, 6) is 1.94. The summed E-state index contributed by atoms with van der Waals surface area (Å²) < 4.78 is 8.01. The second kappa shape index (κ2) is 9.06. The average Bonchev–Trinajstić information content (AvgIpc) is 3.67. The number of pyridine rings is 1. The molecule has 0 bridgehead atoms. The number of halogens is 2. The van der Waals surface area contributed by atoms with Gasteiger partial charge in [0.2, 0.25) is 4.96 Å². The molecule has 9 heteroatoms. The molecule has 0 N–H and O–H groups in total. The van der Waals surface area contributed by atoms with Crippen LogP contribution in [-0.4, -0.2) is 24.8 Å². The molecule has 0 aliphatic carbocycles. The minimum atomic E-state index is 0.562. The van der Waals surface area contributed by atoms with E-state index in [2.05, 4.69) is 29.3 Å². The van der Waals surface area contributed by atoms with Crippen molar-refractivity contribution in [2.45, 2.75) is 6.92 Å². The summed E-state index contributed by atoms with van der Waals surface area (Å²) in [6, 6.07) is 27.2. The Bertz CT molecular complexity index is 1970. The van der Waals surface area contributed by atoms with Crippen LogP contribution in [0.2, 0.25) is 10.0 Å². The number of fused-ring (bicyclic) bond motifs is 2. The molecule has 0 aliphatic rings. The molecule has 0 unspecified atom stereocenters. The van der Waals surface area contributed by atoms with Crippen LogP contribution in [0.4, 0.5) is 0 Å². The number of nitrogens with zero attached hydrogens (tertiary/aromatic N) is 5. The Morgan fingerprint density at radius 2 is 1.63 bits per heavy atom. The molecule has 4 aromatic heterocycles. The van der Waals surface area contributed by atoms with Gasteiger partial charge in [-0.05, 0) is 49.4 Å². The lowest BCUT2D eigenvalue weighted by atomic mass is 10.1. The van der Waals surface area contributed by atoms with Crippen LogP contribution in [0.25, 0.3) is 60.6 Å². The molecule has 184 valence electrons. The molecule has 4 heterocycles. The second-order valence-electron chi connectivity index (χ2n) is 8.85. The number of rotatable bonds is 4. The Hall–Kier alpha value is -4.04. The molecular weight excluding hydrogens is 537 g/mol. The molecule has 0 radical (unpaired) electrons.